The van der Waals surface area contributed by atoms with E-state index in [1.165, 1.54) is 14.0 Å². The molecule has 0 aromatic heterocycles. The molecule has 0 saturated carbocycles. The van der Waals surface area contributed by atoms with Crippen LogP contribution in [0.2, 0.25) is 0 Å². The number of esters is 1. The lowest BCUT2D eigenvalue weighted by atomic mass is 10.0. The zero-order valence-electron chi connectivity index (χ0n) is 11.7. The molecule has 0 radical (unpaired) electrons. The number of alkyl halides is 3. The molecule has 7 heteroatoms. The Bertz CT molecular complexity index is 586. The third-order valence-electron chi connectivity index (χ3n) is 2.81. The zero-order valence-corrected chi connectivity index (χ0v) is 11.7. The SMILES string of the molecule is CN=C(C)C(C(=O)OC)=C(O)c1ccc(C(F)(F)F)cc1. The summed E-state index contributed by atoms with van der Waals surface area (Å²) >= 11 is 0. The van der Waals surface area contributed by atoms with Crippen LogP contribution in [0.4, 0.5) is 13.2 Å². The quantitative estimate of drug-likeness (QED) is 0.403. The van der Waals surface area contributed by atoms with Gasteiger partial charge >= 0.3 is 12.1 Å². The van der Waals surface area contributed by atoms with E-state index in [2.05, 4.69) is 9.73 Å². The van der Waals surface area contributed by atoms with Crippen LogP contribution < -0.4 is 0 Å². The highest BCUT2D eigenvalue weighted by Gasteiger charge is 2.30. The molecule has 0 saturated heterocycles. The summed E-state index contributed by atoms with van der Waals surface area (Å²) in [5, 5.41) is 10.1. The maximum atomic E-state index is 12.5. The molecule has 1 rings (SSSR count). The molecule has 1 N–H and O–H groups in total. The molecule has 0 heterocycles. The van der Waals surface area contributed by atoms with Gasteiger partial charge in [-0.1, -0.05) is 12.1 Å². The summed E-state index contributed by atoms with van der Waals surface area (Å²) in [5.41, 5.74) is -0.773. The lowest BCUT2D eigenvalue weighted by Gasteiger charge is -2.10. The zero-order chi connectivity index (χ0) is 16.2. The lowest BCUT2D eigenvalue weighted by Crippen LogP contribution is -2.15. The number of carbonyl (C=O) groups excluding carboxylic acids is 1. The van der Waals surface area contributed by atoms with Gasteiger partial charge in [0.1, 0.15) is 11.3 Å². The second-order valence-electron chi connectivity index (χ2n) is 4.10. The first-order valence-electron chi connectivity index (χ1n) is 5.85. The number of carbonyl (C=O) groups is 1. The van der Waals surface area contributed by atoms with E-state index in [4.69, 9.17) is 0 Å². The number of aliphatic imine (C=N–C) groups is 1. The van der Waals surface area contributed by atoms with Crippen molar-refractivity contribution < 1.29 is 27.8 Å². The second-order valence-corrected chi connectivity index (χ2v) is 4.10. The summed E-state index contributed by atoms with van der Waals surface area (Å²) in [6, 6.07) is 3.78. The Morgan fingerprint density at radius 2 is 1.76 bits per heavy atom. The highest BCUT2D eigenvalue weighted by molar-refractivity contribution is 6.23. The first kappa shape index (κ1) is 16.7. The topological polar surface area (TPSA) is 58.9 Å². The van der Waals surface area contributed by atoms with Crippen molar-refractivity contribution in [3.05, 3.63) is 41.0 Å². The largest absolute Gasteiger partial charge is 0.506 e. The molecular formula is C14H14F3NO3. The smallest absolute Gasteiger partial charge is 0.416 e. The Morgan fingerprint density at radius 1 is 1.24 bits per heavy atom. The summed E-state index contributed by atoms with van der Waals surface area (Å²) in [7, 11) is 2.55. The molecule has 114 valence electrons. The first-order chi connectivity index (χ1) is 9.72. The van der Waals surface area contributed by atoms with Gasteiger partial charge in [-0.15, -0.1) is 0 Å². The summed E-state index contributed by atoms with van der Waals surface area (Å²) in [6.45, 7) is 1.48. The lowest BCUT2D eigenvalue weighted by molar-refractivity contribution is -0.137. The van der Waals surface area contributed by atoms with Gasteiger partial charge in [0.15, 0.2) is 0 Å². The summed E-state index contributed by atoms with van der Waals surface area (Å²) < 4.78 is 42.0. The van der Waals surface area contributed by atoms with E-state index < -0.39 is 23.5 Å². The minimum absolute atomic E-state index is 0.0615. The molecule has 1 aromatic carbocycles. The Labute approximate surface area is 119 Å². The van der Waals surface area contributed by atoms with E-state index >= 15 is 0 Å². The Balaban J connectivity index is 3.34. The van der Waals surface area contributed by atoms with Crippen LogP contribution in [0.1, 0.15) is 18.1 Å². The highest BCUT2D eigenvalue weighted by Crippen LogP contribution is 2.30. The van der Waals surface area contributed by atoms with Crippen molar-refractivity contribution >= 4 is 17.4 Å². The molecule has 0 aliphatic carbocycles. The predicted octanol–water partition coefficient (Wildman–Crippen LogP) is 3.24. The van der Waals surface area contributed by atoms with Gasteiger partial charge in [-0.25, -0.2) is 4.79 Å². The first-order valence-corrected chi connectivity index (χ1v) is 5.85. The van der Waals surface area contributed by atoms with Gasteiger partial charge < -0.3 is 9.84 Å². The van der Waals surface area contributed by atoms with Crippen molar-refractivity contribution in [3.8, 4) is 0 Å². The van der Waals surface area contributed by atoms with Crippen LogP contribution in [0.5, 0.6) is 0 Å². The van der Waals surface area contributed by atoms with Gasteiger partial charge in [0.25, 0.3) is 0 Å². The summed E-state index contributed by atoms with van der Waals surface area (Å²) in [4.78, 5) is 15.4. The Hall–Kier alpha value is -2.31. The van der Waals surface area contributed by atoms with Gasteiger partial charge in [0.2, 0.25) is 0 Å². The van der Waals surface area contributed by atoms with Crippen molar-refractivity contribution in [2.45, 2.75) is 13.1 Å². The normalized spacial score (nSPS) is 13.7. The number of aliphatic hydroxyl groups is 1. The average molecular weight is 301 g/mol. The number of aliphatic hydroxyl groups excluding tert-OH is 1. The fourth-order valence-corrected chi connectivity index (χ4v) is 1.59. The standard InChI is InChI=1S/C14H14F3NO3/c1-8(18-2)11(13(20)21-3)12(19)9-4-6-10(7-5-9)14(15,16)17/h4-7,19H,1-3H3. The highest BCUT2D eigenvalue weighted by atomic mass is 19.4. The minimum Gasteiger partial charge on any atom is -0.506 e. The van der Waals surface area contributed by atoms with E-state index in [9.17, 15) is 23.1 Å². The number of hydrogen-bond donors (Lipinski definition) is 1. The van der Waals surface area contributed by atoms with Crippen molar-refractivity contribution in [2.24, 2.45) is 4.99 Å². The third-order valence-corrected chi connectivity index (χ3v) is 2.81. The van der Waals surface area contributed by atoms with E-state index in [-0.39, 0.29) is 16.8 Å². The van der Waals surface area contributed by atoms with Gasteiger partial charge in [-0.2, -0.15) is 13.2 Å². The molecule has 0 unspecified atom stereocenters. The van der Waals surface area contributed by atoms with Crippen LogP contribution in [0.3, 0.4) is 0 Å². The van der Waals surface area contributed by atoms with Gasteiger partial charge in [0.05, 0.1) is 12.7 Å². The number of hydrogen-bond acceptors (Lipinski definition) is 4. The van der Waals surface area contributed by atoms with Crippen molar-refractivity contribution in [2.75, 3.05) is 14.2 Å². The molecular weight excluding hydrogens is 287 g/mol. The average Bonchev–Trinajstić information content (AvgIpc) is 2.46. The molecule has 1 aromatic rings. The molecule has 0 atom stereocenters. The predicted molar refractivity (Wildman–Crippen MR) is 72.0 cm³/mol. The molecule has 0 aliphatic heterocycles. The van der Waals surface area contributed by atoms with Crippen LogP contribution >= 0.6 is 0 Å². The molecule has 21 heavy (non-hydrogen) atoms. The minimum atomic E-state index is -4.47. The number of methoxy groups -OCH3 is 1. The van der Waals surface area contributed by atoms with Gasteiger partial charge in [-0.3, -0.25) is 4.99 Å². The molecule has 0 spiro atoms. The molecule has 0 fully saturated rings. The number of rotatable bonds is 3. The van der Waals surface area contributed by atoms with E-state index in [0.717, 1.165) is 31.4 Å². The van der Waals surface area contributed by atoms with E-state index in [1.807, 2.05) is 0 Å². The molecule has 0 amide bonds. The molecule has 0 bridgehead atoms. The van der Waals surface area contributed by atoms with Crippen molar-refractivity contribution in [1.29, 1.82) is 0 Å². The fourth-order valence-electron chi connectivity index (χ4n) is 1.59. The monoisotopic (exact) mass is 301 g/mol. The van der Waals surface area contributed by atoms with E-state index in [1.54, 1.807) is 0 Å². The Morgan fingerprint density at radius 3 is 2.14 bits per heavy atom. The summed E-state index contributed by atoms with van der Waals surface area (Å²) in [5.74, 6) is -1.31. The van der Waals surface area contributed by atoms with Crippen LogP contribution in [-0.4, -0.2) is 30.9 Å². The third kappa shape index (κ3) is 3.84. The van der Waals surface area contributed by atoms with Crippen molar-refractivity contribution in [3.63, 3.8) is 0 Å². The van der Waals surface area contributed by atoms with Crippen LogP contribution in [-0.2, 0) is 15.7 Å². The molecule has 4 nitrogen and oxygen atoms in total. The Kier molecular flexibility index (Phi) is 5.12. The van der Waals surface area contributed by atoms with Crippen LogP contribution in [0.15, 0.2) is 34.8 Å². The number of halogens is 3. The molecule has 0 aliphatic rings. The number of nitrogens with zero attached hydrogens (tertiary/aromatic N) is 1. The van der Waals surface area contributed by atoms with E-state index in [0.29, 0.717) is 0 Å². The summed E-state index contributed by atoms with van der Waals surface area (Å²) in [6.07, 6.45) is -4.47. The fraction of sp³-hybridized carbons (Fsp3) is 0.286. The van der Waals surface area contributed by atoms with Gasteiger partial charge in [0, 0.05) is 18.3 Å². The number of benzene rings is 1. The van der Waals surface area contributed by atoms with Crippen molar-refractivity contribution in [1.82, 2.24) is 0 Å². The second kappa shape index (κ2) is 6.43. The van der Waals surface area contributed by atoms with Crippen LogP contribution in [0, 0.1) is 0 Å². The maximum absolute atomic E-state index is 12.5. The van der Waals surface area contributed by atoms with Gasteiger partial charge in [-0.05, 0) is 19.1 Å². The van der Waals surface area contributed by atoms with Crippen LogP contribution in [0.25, 0.3) is 5.76 Å². The maximum Gasteiger partial charge on any atom is 0.416 e. The number of ether oxygens (including phenoxy) is 1.